The number of ketones is 1. The maximum atomic E-state index is 11.3. The van der Waals surface area contributed by atoms with Crippen molar-refractivity contribution in [3.05, 3.63) is 21.9 Å². The van der Waals surface area contributed by atoms with Crippen LogP contribution in [0.1, 0.15) is 21.7 Å². The van der Waals surface area contributed by atoms with Crippen molar-refractivity contribution >= 4 is 29.7 Å². The summed E-state index contributed by atoms with van der Waals surface area (Å²) in [6.45, 7) is 1.96. The van der Waals surface area contributed by atoms with Gasteiger partial charge in [0.2, 0.25) is 0 Å². The Morgan fingerprint density at radius 3 is 2.91 bits per heavy atom. The van der Waals surface area contributed by atoms with Crippen molar-refractivity contribution in [1.29, 1.82) is 0 Å². The van der Waals surface area contributed by atoms with Crippen molar-refractivity contribution in [3.63, 3.8) is 0 Å². The predicted molar refractivity (Wildman–Crippen MR) is 51.9 cm³/mol. The van der Waals surface area contributed by atoms with Crippen LogP contribution in [0.5, 0.6) is 0 Å². The fourth-order valence-corrected chi connectivity index (χ4v) is 1.97. The second-order valence-corrected chi connectivity index (χ2v) is 3.69. The molecule has 1 aromatic rings. The van der Waals surface area contributed by atoms with E-state index in [0.29, 0.717) is 12.2 Å². The average molecular weight is 186 g/mol. The Morgan fingerprint density at radius 1 is 1.73 bits per heavy atom. The molecule has 1 nitrogen and oxygen atoms in total. The third kappa shape index (κ3) is 2.07. The van der Waals surface area contributed by atoms with Gasteiger partial charge in [-0.1, -0.05) is 0 Å². The Labute approximate surface area is 75.8 Å². The van der Waals surface area contributed by atoms with Crippen molar-refractivity contribution in [2.45, 2.75) is 13.3 Å². The largest absolute Gasteiger partial charge is 0.293 e. The number of Topliss-reactive ketones (excluding diaryl/α,β-unsaturated/α-hetero) is 1. The molecule has 0 fully saturated rings. The number of carbonyl (C=O) groups excluding carboxylic acids is 1. The van der Waals surface area contributed by atoms with Crippen LogP contribution >= 0.6 is 24.0 Å². The number of hydrogen-bond acceptors (Lipinski definition) is 3. The molecule has 0 unspecified atom stereocenters. The van der Waals surface area contributed by atoms with E-state index in [1.54, 1.807) is 0 Å². The van der Waals surface area contributed by atoms with Gasteiger partial charge in [-0.25, -0.2) is 0 Å². The van der Waals surface area contributed by atoms with Crippen LogP contribution in [-0.4, -0.2) is 11.5 Å². The van der Waals surface area contributed by atoms with Gasteiger partial charge in [0.25, 0.3) is 0 Å². The molecule has 1 heterocycles. The molecule has 11 heavy (non-hydrogen) atoms. The van der Waals surface area contributed by atoms with Crippen molar-refractivity contribution in [3.8, 4) is 0 Å². The summed E-state index contributed by atoms with van der Waals surface area (Å²) in [6.07, 6.45) is 0.546. The first-order valence-corrected chi connectivity index (χ1v) is 4.95. The summed E-state index contributed by atoms with van der Waals surface area (Å²) in [4.78, 5) is 12.2. The van der Waals surface area contributed by atoms with Crippen LogP contribution in [-0.2, 0) is 0 Å². The molecular formula is C8H10OS2. The molecule has 1 rings (SSSR count). The standard InChI is InChI=1S/C8H10OS2/c1-6-3-5-11-8(6)7(9)2-4-10/h3,5,10H,2,4H2,1H3. The van der Waals surface area contributed by atoms with E-state index in [9.17, 15) is 4.79 Å². The van der Waals surface area contributed by atoms with E-state index in [-0.39, 0.29) is 5.78 Å². The van der Waals surface area contributed by atoms with Gasteiger partial charge < -0.3 is 0 Å². The molecule has 0 N–H and O–H groups in total. The summed E-state index contributed by atoms with van der Waals surface area (Å²) in [5, 5.41) is 1.95. The minimum Gasteiger partial charge on any atom is -0.293 e. The van der Waals surface area contributed by atoms with E-state index in [0.717, 1.165) is 10.4 Å². The van der Waals surface area contributed by atoms with Crippen molar-refractivity contribution in [2.24, 2.45) is 0 Å². The summed E-state index contributed by atoms with van der Waals surface area (Å²) >= 11 is 5.52. The van der Waals surface area contributed by atoms with E-state index < -0.39 is 0 Å². The molecule has 0 saturated carbocycles. The molecule has 0 aliphatic heterocycles. The minimum absolute atomic E-state index is 0.215. The third-order valence-electron chi connectivity index (χ3n) is 1.45. The van der Waals surface area contributed by atoms with Gasteiger partial charge in [-0.05, 0) is 29.7 Å². The van der Waals surface area contributed by atoms with E-state index in [2.05, 4.69) is 12.6 Å². The molecule has 0 aliphatic rings. The van der Waals surface area contributed by atoms with E-state index in [4.69, 9.17) is 0 Å². The van der Waals surface area contributed by atoms with Crippen molar-refractivity contribution < 1.29 is 4.79 Å². The predicted octanol–water partition coefficient (Wildman–Crippen LogP) is 2.56. The first kappa shape index (κ1) is 8.81. The Bertz CT molecular complexity index is 252. The summed E-state index contributed by atoms with van der Waals surface area (Å²) in [5.41, 5.74) is 1.08. The molecule has 0 bridgehead atoms. The molecule has 0 saturated heterocycles. The smallest absolute Gasteiger partial charge is 0.173 e. The van der Waals surface area contributed by atoms with Crippen LogP contribution in [0.3, 0.4) is 0 Å². The van der Waals surface area contributed by atoms with E-state index in [1.807, 2.05) is 18.4 Å². The zero-order valence-corrected chi connectivity index (χ0v) is 8.04. The van der Waals surface area contributed by atoms with Gasteiger partial charge in [0.1, 0.15) is 0 Å². The number of thiophene rings is 1. The maximum Gasteiger partial charge on any atom is 0.173 e. The van der Waals surface area contributed by atoms with Crippen molar-refractivity contribution in [1.82, 2.24) is 0 Å². The first-order valence-electron chi connectivity index (χ1n) is 3.44. The lowest BCUT2D eigenvalue weighted by molar-refractivity contribution is 0.0993. The van der Waals surface area contributed by atoms with Gasteiger partial charge in [-0.15, -0.1) is 11.3 Å². The molecular weight excluding hydrogens is 176 g/mol. The summed E-state index contributed by atoms with van der Waals surface area (Å²) in [6, 6.07) is 1.97. The average Bonchev–Trinajstić information content (AvgIpc) is 2.36. The van der Waals surface area contributed by atoms with Crippen LogP contribution in [0.25, 0.3) is 0 Å². The molecule has 60 valence electrons. The quantitative estimate of drug-likeness (QED) is 0.567. The number of aryl methyl sites for hydroxylation is 1. The van der Waals surface area contributed by atoms with Crippen LogP contribution in [0.2, 0.25) is 0 Å². The number of thiol groups is 1. The number of carbonyl (C=O) groups is 1. The zero-order chi connectivity index (χ0) is 8.27. The second kappa shape index (κ2) is 3.93. The Kier molecular flexibility index (Phi) is 3.15. The van der Waals surface area contributed by atoms with Crippen LogP contribution in [0, 0.1) is 6.92 Å². The second-order valence-electron chi connectivity index (χ2n) is 2.33. The molecule has 0 amide bonds. The van der Waals surface area contributed by atoms with Gasteiger partial charge in [0.05, 0.1) is 4.88 Å². The summed E-state index contributed by atoms with van der Waals surface area (Å²) in [7, 11) is 0. The Hall–Kier alpha value is -0.280. The van der Waals surface area contributed by atoms with Gasteiger partial charge >= 0.3 is 0 Å². The zero-order valence-electron chi connectivity index (χ0n) is 6.33. The fraction of sp³-hybridized carbons (Fsp3) is 0.375. The monoisotopic (exact) mass is 186 g/mol. The Balaban J connectivity index is 2.76. The van der Waals surface area contributed by atoms with Gasteiger partial charge in [0, 0.05) is 6.42 Å². The van der Waals surface area contributed by atoms with E-state index >= 15 is 0 Å². The lowest BCUT2D eigenvalue weighted by Crippen LogP contribution is -1.97. The van der Waals surface area contributed by atoms with Crippen molar-refractivity contribution in [2.75, 3.05) is 5.75 Å². The molecule has 0 aliphatic carbocycles. The highest BCUT2D eigenvalue weighted by atomic mass is 32.1. The summed E-state index contributed by atoms with van der Waals surface area (Å²) < 4.78 is 0. The van der Waals surface area contributed by atoms with Gasteiger partial charge in [-0.3, -0.25) is 4.79 Å². The molecule has 0 spiro atoms. The molecule has 0 aromatic carbocycles. The van der Waals surface area contributed by atoms with E-state index in [1.165, 1.54) is 11.3 Å². The maximum absolute atomic E-state index is 11.3. The highest BCUT2D eigenvalue weighted by molar-refractivity contribution is 7.80. The first-order chi connectivity index (χ1) is 5.25. The normalized spacial score (nSPS) is 10.0. The molecule has 3 heteroatoms. The summed E-state index contributed by atoms with van der Waals surface area (Å²) in [5.74, 6) is 0.850. The number of rotatable bonds is 3. The lowest BCUT2D eigenvalue weighted by atomic mass is 10.2. The SMILES string of the molecule is Cc1ccsc1C(=O)CCS. The fourth-order valence-electron chi connectivity index (χ4n) is 0.873. The van der Waals surface area contributed by atoms with Crippen LogP contribution in [0.15, 0.2) is 11.4 Å². The minimum atomic E-state index is 0.215. The third-order valence-corrected chi connectivity index (χ3v) is 2.74. The molecule has 0 atom stereocenters. The molecule has 0 radical (unpaired) electrons. The van der Waals surface area contributed by atoms with Gasteiger partial charge in [-0.2, -0.15) is 12.6 Å². The number of hydrogen-bond donors (Lipinski definition) is 1. The topological polar surface area (TPSA) is 17.1 Å². The van der Waals surface area contributed by atoms with Gasteiger partial charge in [0.15, 0.2) is 5.78 Å². The lowest BCUT2D eigenvalue weighted by Gasteiger charge is -1.94. The van der Waals surface area contributed by atoms with Crippen LogP contribution < -0.4 is 0 Å². The highest BCUT2D eigenvalue weighted by Crippen LogP contribution is 2.17. The molecule has 1 aromatic heterocycles. The Morgan fingerprint density at radius 2 is 2.45 bits per heavy atom. The highest BCUT2D eigenvalue weighted by Gasteiger charge is 2.08. The van der Waals surface area contributed by atoms with Crippen LogP contribution in [0.4, 0.5) is 0 Å².